The van der Waals surface area contributed by atoms with Gasteiger partial charge in [-0.25, -0.2) is 4.98 Å². The Kier molecular flexibility index (Phi) is 5.04. The van der Waals surface area contributed by atoms with Crippen molar-refractivity contribution >= 4 is 5.82 Å². The molecule has 1 unspecified atom stereocenters. The first-order valence-corrected chi connectivity index (χ1v) is 8.00. The number of nitrogens with zero attached hydrogens (tertiary/aromatic N) is 3. The van der Waals surface area contributed by atoms with Crippen LogP contribution in [0.3, 0.4) is 0 Å². The van der Waals surface area contributed by atoms with Crippen LogP contribution >= 0.6 is 0 Å². The largest absolute Gasteiger partial charge is 0.348 e. The maximum atomic E-state index is 12.7. The molecule has 5 nitrogen and oxygen atoms in total. The van der Waals surface area contributed by atoms with Gasteiger partial charge in [-0.2, -0.15) is 0 Å². The summed E-state index contributed by atoms with van der Waals surface area (Å²) in [5.74, 6) is 0.605. The third-order valence-electron chi connectivity index (χ3n) is 4.00. The van der Waals surface area contributed by atoms with Crippen LogP contribution in [0.1, 0.15) is 47.0 Å². The lowest BCUT2D eigenvalue weighted by Crippen LogP contribution is -2.44. The van der Waals surface area contributed by atoms with Crippen molar-refractivity contribution in [3.05, 3.63) is 22.7 Å². The van der Waals surface area contributed by atoms with E-state index in [1.54, 1.807) is 17.0 Å². The highest BCUT2D eigenvalue weighted by Crippen LogP contribution is 2.21. The van der Waals surface area contributed by atoms with Crippen molar-refractivity contribution < 1.29 is 0 Å². The van der Waals surface area contributed by atoms with Gasteiger partial charge in [0.2, 0.25) is 0 Å². The van der Waals surface area contributed by atoms with E-state index in [0.29, 0.717) is 11.9 Å². The van der Waals surface area contributed by atoms with Gasteiger partial charge in [0.1, 0.15) is 0 Å². The number of hydrogen-bond acceptors (Lipinski definition) is 4. The maximum absolute atomic E-state index is 12.7. The lowest BCUT2D eigenvalue weighted by atomic mass is 10.1. The fourth-order valence-corrected chi connectivity index (χ4v) is 2.90. The molecule has 5 heteroatoms. The molecular weight excluding hydrogens is 264 g/mol. The highest BCUT2D eigenvalue weighted by molar-refractivity contribution is 5.39. The van der Waals surface area contributed by atoms with E-state index in [9.17, 15) is 4.79 Å². The number of anilines is 1. The Morgan fingerprint density at radius 3 is 2.86 bits per heavy atom. The third-order valence-corrected chi connectivity index (χ3v) is 4.00. The highest BCUT2D eigenvalue weighted by atomic mass is 16.1. The average Bonchev–Trinajstić information content (AvgIpc) is 2.86. The van der Waals surface area contributed by atoms with Crippen LogP contribution in [0.25, 0.3) is 0 Å². The molecule has 1 aromatic rings. The molecule has 1 atom stereocenters. The van der Waals surface area contributed by atoms with E-state index in [-0.39, 0.29) is 11.1 Å². The third kappa shape index (κ3) is 3.64. The van der Waals surface area contributed by atoms with E-state index < -0.39 is 0 Å². The van der Waals surface area contributed by atoms with Gasteiger partial charge in [0, 0.05) is 37.1 Å². The smallest absolute Gasteiger partial charge is 0.293 e. The first-order chi connectivity index (χ1) is 9.95. The zero-order valence-electron chi connectivity index (χ0n) is 13.7. The Bertz CT molecular complexity index is 518. The second-order valence-electron chi connectivity index (χ2n) is 6.79. The van der Waals surface area contributed by atoms with Crippen LogP contribution < -0.4 is 15.8 Å². The van der Waals surface area contributed by atoms with Crippen molar-refractivity contribution in [2.45, 2.75) is 58.5 Å². The minimum atomic E-state index is -0.218. The zero-order valence-corrected chi connectivity index (χ0v) is 13.7. The van der Waals surface area contributed by atoms with E-state index in [2.05, 4.69) is 22.1 Å². The molecule has 0 aromatic carbocycles. The Morgan fingerprint density at radius 1 is 1.43 bits per heavy atom. The first-order valence-electron chi connectivity index (χ1n) is 8.00. The lowest BCUT2D eigenvalue weighted by molar-refractivity contribution is 0.382. The summed E-state index contributed by atoms with van der Waals surface area (Å²) in [6.07, 6.45) is 6.92. The molecule has 2 rings (SSSR count). The van der Waals surface area contributed by atoms with E-state index in [4.69, 9.17) is 0 Å². The molecule has 1 aromatic heterocycles. The van der Waals surface area contributed by atoms with Gasteiger partial charge in [0.25, 0.3) is 5.56 Å². The summed E-state index contributed by atoms with van der Waals surface area (Å²) in [5, 5.41) is 3.46. The van der Waals surface area contributed by atoms with Crippen LogP contribution in [-0.2, 0) is 5.54 Å². The van der Waals surface area contributed by atoms with E-state index in [0.717, 1.165) is 38.9 Å². The van der Waals surface area contributed by atoms with Crippen molar-refractivity contribution in [1.82, 2.24) is 14.9 Å². The van der Waals surface area contributed by atoms with Crippen molar-refractivity contribution in [3.8, 4) is 0 Å². The van der Waals surface area contributed by atoms with Crippen molar-refractivity contribution in [3.63, 3.8) is 0 Å². The van der Waals surface area contributed by atoms with E-state index in [1.807, 2.05) is 20.8 Å². The maximum Gasteiger partial charge on any atom is 0.293 e. The number of nitrogens with one attached hydrogen (secondary N) is 1. The summed E-state index contributed by atoms with van der Waals surface area (Å²) in [5.41, 5.74) is -0.197. The quantitative estimate of drug-likeness (QED) is 0.843. The minimum absolute atomic E-state index is 0.0207. The van der Waals surface area contributed by atoms with E-state index >= 15 is 0 Å². The minimum Gasteiger partial charge on any atom is -0.348 e. The molecule has 1 aliphatic heterocycles. The topological polar surface area (TPSA) is 50.2 Å². The molecule has 0 radical (unpaired) electrons. The summed E-state index contributed by atoms with van der Waals surface area (Å²) < 4.78 is 1.78. The second kappa shape index (κ2) is 6.60. The SMILES string of the molecule is CCCNCC1CCCN1c1nccn(C(C)(C)C)c1=O. The Hall–Kier alpha value is -1.36. The highest BCUT2D eigenvalue weighted by Gasteiger charge is 2.28. The molecule has 0 bridgehead atoms. The van der Waals surface area contributed by atoms with Gasteiger partial charge in [-0.3, -0.25) is 4.79 Å². The van der Waals surface area contributed by atoms with Crippen molar-refractivity contribution in [2.24, 2.45) is 0 Å². The molecule has 21 heavy (non-hydrogen) atoms. The summed E-state index contributed by atoms with van der Waals surface area (Å²) in [6.45, 7) is 11.2. The van der Waals surface area contributed by atoms with Crippen LogP contribution in [0, 0.1) is 0 Å². The lowest BCUT2D eigenvalue weighted by Gasteiger charge is -2.28. The molecule has 0 aliphatic carbocycles. The van der Waals surface area contributed by atoms with Crippen LogP contribution in [0.5, 0.6) is 0 Å². The Morgan fingerprint density at radius 2 is 2.19 bits per heavy atom. The van der Waals surface area contributed by atoms with Gasteiger partial charge in [0.05, 0.1) is 0 Å². The summed E-state index contributed by atoms with van der Waals surface area (Å²) in [4.78, 5) is 19.3. The average molecular weight is 292 g/mol. The van der Waals surface area contributed by atoms with Crippen LogP contribution in [0.2, 0.25) is 0 Å². The van der Waals surface area contributed by atoms with Crippen molar-refractivity contribution in [1.29, 1.82) is 0 Å². The molecule has 118 valence electrons. The monoisotopic (exact) mass is 292 g/mol. The van der Waals surface area contributed by atoms with Gasteiger partial charge < -0.3 is 14.8 Å². The fourth-order valence-electron chi connectivity index (χ4n) is 2.90. The van der Waals surface area contributed by atoms with Gasteiger partial charge in [0.15, 0.2) is 5.82 Å². The van der Waals surface area contributed by atoms with Gasteiger partial charge >= 0.3 is 0 Å². The molecule has 2 heterocycles. The number of rotatable bonds is 5. The molecule has 1 N–H and O–H groups in total. The summed E-state index contributed by atoms with van der Waals surface area (Å²) in [6, 6.07) is 0.382. The second-order valence-corrected chi connectivity index (χ2v) is 6.79. The first kappa shape index (κ1) is 16.0. The Labute approximate surface area is 127 Å². The molecular formula is C16H28N4O. The van der Waals surface area contributed by atoms with Crippen LogP contribution in [-0.4, -0.2) is 35.2 Å². The number of aromatic nitrogens is 2. The summed E-state index contributed by atoms with van der Waals surface area (Å²) >= 11 is 0. The number of hydrogen-bond donors (Lipinski definition) is 1. The predicted octanol–water partition coefficient (Wildman–Crippen LogP) is 1.97. The molecule has 0 saturated carbocycles. The van der Waals surface area contributed by atoms with E-state index in [1.165, 1.54) is 0 Å². The van der Waals surface area contributed by atoms with Gasteiger partial charge in [-0.1, -0.05) is 6.92 Å². The molecule has 1 aliphatic rings. The van der Waals surface area contributed by atoms with Gasteiger partial charge in [-0.15, -0.1) is 0 Å². The van der Waals surface area contributed by atoms with Crippen LogP contribution in [0.4, 0.5) is 5.82 Å². The Balaban J connectivity index is 2.23. The molecule has 1 fully saturated rings. The molecule has 0 amide bonds. The predicted molar refractivity (Wildman–Crippen MR) is 87.0 cm³/mol. The molecule has 0 spiro atoms. The van der Waals surface area contributed by atoms with Crippen LogP contribution in [0.15, 0.2) is 17.2 Å². The van der Waals surface area contributed by atoms with Gasteiger partial charge in [-0.05, 0) is 46.6 Å². The fraction of sp³-hybridized carbons (Fsp3) is 0.750. The summed E-state index contributed by atoms with van der Waals surface area (Å²) in [7, 11) is 0. The standard InChI is InChI=1S/C16H28N4O/c1-5-8-17-12-13-7-6-10-19(13)14-15(21)20(11-9-18-14)16(2,3)4/h9,11,13,17H,5-8,10,12H2,1-4H3. The zero-order chi connectivity index (χ0) is 15.5. The normalized spacial score (nSPS) is 19.2. The van der Waals surface area contributed by atoms with Crippen molar-refractivity contribution in [2.75, 3.05) is 24.5 Å². The molecule has 1 saturated heterocycles.